The molecule has 2 aliphatic rings. The van der Waals surface area contributed by atoms with Gasteiger partial charge in [-0.25, -0.2) is 0 Å². The first-order valence-electron chi connectivity index (χ1n) is 16.3. The monoisotopic (exact) mass is 614 g/mol. The van der Waals surface area contributed by atoms with Crippen molar-refractivity contribution in [1.29, 1.82) is 0 Å². The molecule has 2 saturated heterocycles. The Bertz CT molecular complexity index is 661. The minimum absolute atomic E-state index is 0.782. The molecule has 7 heteroatoms. The first kappa shape index (κ1) is 34.5. The second kappa shape index (κ2) is 10.5. The van der Waals surface area contributed by atoms with Crippen LogP contribution in [-0.2, 0) is 4.12 Å². The van der Waals surface area contributed by atoms with Gasteiger partial charge in [0.25, 0.3) is 0 Å². The van der Waals surface area contributed by atoms with Gasteiger partial charge in [0.2, 0.25) is 0 Å². The summed E-state index contributed by atoms with van der Waals surface area (Å²) in [5.41, 5.74) is 8.47. The van der Waals surface area contributed by atoms with Crippen molar-refractivity contribution in [2.24, 2.45) is 0 Å². The van der Waals surface area contributed by atoms with E-state index in [0.29, 0.717) is 0 Å². The van der Waals surface area contributed by atoms with Gasteiger partial charge in [-0.3, -0.25) is 0 Å². The second-order valence-corrected chi connectivity index (χ2v) is 76.6. The van der Waals surface area contributed by atoms with Crippen LogP contribution in [0.25, 0.3) is 0 Å². The van der Waals surface area contributed by atoms with E-state index in [1.807, 2.05) is 0 Å². The van der Waals surface area contributed by atoms with Gasteiger partial charge in [-0.05, 0) is 11.1 Å². The number of hydrogen-bond acceptors (Lipinski definition) is 1. The summed E-state index contributed by atoms with van der Waals surface area (Å²) in [6.07, 6.45) is 0. The fraction of sp³-hybridized carbons (Fsp3) is 1.00. The third-order valence-corrected chi connectivity index (χ3v) is 159. The zero-order valence-corrected chi connectivity index (χ0v) is 35.2. The quantitative estimate of drug-likeness (QED) is 0.222. The number of rotatable bonds is 10. The molecule has 0 aromatic heterocycles. The van der Waals surface area contributed by atoms with Crippen LogP contribution in [0.15, 0.2) is 0 Å². The molecular weight excluding hydrogens is 545 g/mol. The van der Waals surface area contributed by atoms with Crippen molar-refractivity contribution >= 4 is 43.1 Å². The Kier molecular flexibility index (Phi) is 9.79. The SMILES string of the molecule is CC(C)[Si]12O[Si](C(C)C)([Si](C(C)C)(C(C)C)[Si]1(C(C)C)C(C)C)[Si](C(C)C)(C(C)C)[Si]2(C(C)C)C(C)C. The van der Waals surface area contributed by atoms with Gasteiger partial charge in [-0.2, -0.15) is 0 Å². The minimum Gasteiger partial charge on any atom is -0.464 e. The molecule has 2 aliphatic heterocycles. The minimum atomic E-state index is -2.12. The summed E-state index contributed by atoms with van der Waals surface area (Å²) in [4.78, 5) is 0. The molecule has 2 heterocycles. The average molecular weight is 615 g/mol. The van der Waals surface area contributed by atoms with Crippen LogP contribution < -0.4 is 0 Å². The molecule has 0 aromatic rings. The first-order chi connectivity index (χ1) is 16.6. The predicted molar refractivity (Wildman–Crippen MR) is 187 cm³/mol. The molecule has 0 unspecified atom stereocenters. The van der Waals surface area contributed by atoms with Crippen LogP contribution in [-0.4, -0.2) is 43.1 Å². The van der Waals surface area contributed by atoms with E-state index in [1.54, 1.807) is 0 Å². The summed E-state index contributed by atoms with van der Waals surface area (Å²) in [5.74, 6) is 0. The highest BCUT2D eigenvalue weighted by molar-refractivity contribution is 8.18. The highest BCUT2D eigenvalue weighted by Crippen LogP contribution is 2.80. The lowest BCUT2D eigenvalue weighted by molar-refractivity contribution is 0.563. The molecule has 0 saturated carbocycles. The van der Waals surface area contributed by atoms with E-state index in [0.717, 1.165) is 55.4 Å². The Morgan fingerprint density at radius 3 is 0.459 bits per heavy atom. The van der Waals surface area contributed by atoms with Gasteiger partial charge in [0.05, 0.1) is 28.4 Å². The predicted octanol–water partition coefficient (Wildman–Crippen LogP) is 11.3. The van der Waals surface area contributed by atoms with Crippen molar-refractivity contribution in [3.05, 3.63) is 0 Å². The molecule has 0 radical (unpaired) electrons. The molecule has 220 valence electrons. The molecule has 0 aliphatic carbocycles. The Labute approximate surface area is 240 Å². The maximum absolute atomic E-state index is 9.05. The summed E-state index contributed by atoms with van der Waals surface area (Å²) < 4.78 is 9.05. The summed E-state index contributed by atoms with van der Waals surface area (Å²) in [7, 11) is -11.6. The lowest BCUT2D eigenvalue weighted by Crippen LogP contribution is -3.03. The van der Waals surface area contributed by atoms with Crippen LogP contribution in [0.2, 0.25) is 55.4 Å². The van der Waals surface area contributed by atoms with Gasteiger partial charge in [-0.1, -0.05) is 183 Å². The molecule has 0 spiro atoms. The van der Waals surface area contributed by atoms with E-state index in [4.69, 9.17) is 4.12 Å². The Hall–Kier alpha value is 1.26. The second-order valence-electron chi connectivity index (χ2n) is 16.6. The average Bonchev–Trinajstić information content (AvgIpc) is 3.15. The fourth-order valence-corrected chi connectivity index (χ4v) is 308. The zero-order valence-electron chi connectivity index (χ0n) is 29.2. The van der Waals surface area contributed by atoms with Crippen LogP contribution in [0.3, 0.4) is 0 Å². The van der Waals surface area contributed by atoms with Gasteiger partial charge >= 0.3 is 0 Å². The summed E-state index contributed by atoms with van der Waals surface area (Å²) in [6, 6.07) is 0. The van der Waals surface area contributed by atoms with E-state index in [1.165, 1.54) is 0 Å². The maximum atomic E-state index is 9.05. The van der Waals surface area contributed by atoms with Crippen molar-refractivity contribution in [3.63, 3.8) is 0 Å². The third kappa shape index (κ3) is 3.15. The van der Waals surface area contributed by atoms with Crippen LogP contribution in [0.4, 0.5) is 0 Å². The fourth-order valence-electron chi connectivity index (χ4n) is 14.6. The van der Waals surface area contributed by atoms with Crippen molar-refractivity contribution < 1.29 is 4.12 Å². The van der Waals surface area contributed by atoms with Crippen molar-refractivity contribution in [1.82, 2.24) is 0 Å². The molecule has 1 nitrogen and oxygen atoms in total. The molecule has 0 amide bonds. The van der Waals surface area contributed by atoms with Crippen molar-refractivity contribution in [3.8, 4) is 0 Å². The van der Waals surface area contributed by atoms with E-state index in [-0.39, 0.29) is 0 Å². The molecule has 0 atom stereocenters. The topological polar surface area (TPSA) is 9.23 Å². The van der Waals surface area contributed by atoms with Gasteiger partial charge in [0.1, 0.15) is 0 Å². The molecule has 0 aromatic carbocycles. The van der Waals surface area contributed by atoms with Crippen LogP contribution in [0.5, 0.6) is 0 Å². The highest BCUT2D eigenvalue weighted by Gasteiger charge is 3.01. The summed E-state index contributed by atoms with van der Waals surface area (Å²) >= 11 is 0. The number of hydrogen-bond donors (Lipinski definition) is 0. The molecular formula is C30H70OSi6. The molecule has 37 heavy (non-hydrogen) atoms. The molecule has 2 fully saturated rings. The Balaban J connectivity index is 3.69. The van der Waals surface area contributed by atoms with Crippen LogP contribution in [0.1, 0.15) is 138 Å². The van der Waals surface area contributed by atoms with Gasteiger partial charge < -0.3 is 4.12 Å². The maximum Gasteiger partial charge on any atom is 0.153 e. The van der Waals surface area contributed by atoms with E-state index in [9.17, 15) is 0 Å². The molecule has 0 N–H and O–H groups in total. The number of fused-ring (bicyclic) bond motifs is 2. The van der Waals surface area contributed by atoms with Gasteiger partial charge in [-0.15, -0.1) is 0 Å². The van der Waals surface area contributed by atoms with Crippen molar-refractivity contribution in [2.75, 3.05) is 0 Å². The standard InChI is InChI=1S/C30H70OSi6/c1-21(2)32(22(3)4)33(23(5)6,24(7)8)37(30(19)20)31-36(32,29(17)18)34(25(9)10,26(11)12)35(37,27(13)14)28(15)16/h21-30H,1-20H3. The Morgan fingerprint density at radius 2 is 0.378 bits per heavy atom. The first-order valence-corrected chi connectivity index (χ1v) is 34.9. The third-order valence-electron chi connectivity index (χ3n) is 13.1. The molecule has 2 bridgehead atoms. The van der Waals surface area contributed by atoms with E-state index in [2.05, 4.69) is 138 Å². The smallest absolute Gasteiger partial charge is 0.153 e. The largest absolute Gasteiger partial charge is 0.464 e. The van der Waals surface area contributed by atoms with Crippen LogP contribution in [0, 0.1) is 0 Å². The Morgan fingerprint density at radius 1 is 0.243 bits per heavy atom. The molecule has 2 rings (SSSR count). The lowest BCUT2D eigenvalue weighted by atomic mass is 10.5. The highest BCUT2D eigenvalue weighted by atomic mass is 30.2. The summed E-state index contributed by atoms with van der Waals surface area (Å²) in [6.45, 7) is 55.1. The van der Waals surface area contributed by atoms with Gasteiger partial charge in [0, 0.05) is 0 Å². The van der Waals surface area contributed by atoms with E-state index < -0.39 is 43.1 Å². The summed E-state index contributed by atoms with van der Waals surface area (Å²) in [5, 5.41) is 0. The van der Waals surface area contributed by atoms with E-state index >= 15 is 0 Å². The lowest BCUT2D eigenvalue weighted by Gasteiger charge is -2.76. The normalized spacial score (nSPS) is 30.3. The van der Waals surface area contributed by atoms with Gasteiger partial charge in [0.15, 0.2) is 14.7 Å². The van der Waals surface area contributed by atoms with Crippen LogP contribution >= 0.6 is 0 Å². The zero-order chi connectivity index (χ0) is 29.5. The van der Waals surface area contributed by atoms with Crippen molar-refractivity contribution in [2.45, 2.75) is 194 Å².